The molecule has 0 aromatic heterocycles. The van der Waals surface area contributed by atoms with E-state index >= 15 is 0 Å². The van der Waals surface area contributed by atoms with E-state index in [4.69, 9.17) is 5.73 Å². The minimum absolute atomic E-state index is 0.588. The zero-order valence-corrected chi connectivity index (χ0v) is 11.0. The molecule has 6 heteroatoms. The van der Waals surface area contributed by atoms with Gasteiger partial charge in [-0.05, 0) is 25.2 Å². The molecule has 0 saturated carbocycles. The smallest absolute Gasteiger partial charge is 0.329 e. The maximum atomic E-state index is 12.5. The SMILES string of the molecule is CN(CCN)CCSc1cccc(C(F)(F)F)c1. The van der Waals surface area contributed by atoms with Crippen molar-refractivity contribution in [3.8, 4) is 0 Å². The van der Waals surface area contributed by atoms with Crippen LogP contribution < -0.4 is 5.73 Å². The highest BCUT2D eigenvalue weighted by atomic mass is 32.2. The lowest BCUT2D eigenvalue weighted by Gasteiger charge is -2.15. The first-order chi connectivity index (χ1) is 8.43. The second kappa shape index (κ2) is 7.01. The first-order valence-corrected chi connectivity index (χ1v) is 6.60. The van der Waals surface area contributed by atoms with Gasteiger partial charge < -0.3 is 10.6 Å². The maximum Gasteiger partial charge on any atom is 0.416 e. The number of hydrogen-bond acceptors (Lipinski definition) is 3. The van der Waals surface area contributed by atoms with Crippen LogP contribution >= 0.6 is 11.8 Å². The zero-order chi connectivity index (χ0) is 13.6. The molecule has 0 atom stereocenters. The molecule has 0 amide bonds. The van der Waals surface area contributed by atoms with Crippen LogP contribution in [0.4, 0.5) is 13.2 Å². The molecule has 0 radical (unpaired) electrons. The van der Waals surface area contributed by atoms with E-state index in [1.54, 1.807) is 6.07 Å². The number of likely N-dealkylation sites (N-methyl/N-ethyl adjacent to an activating group) is 1. The quantitative estimate of drug-likeness (QED) is 0.811. The fourth-order valence-electron chi connectivity index (χ4n) is 1.41. The van der Waals surface area contributed by atoms with Gasteiger partial charge in [0.05, 0.1) is 5.56 Å². The molecule has 1 rings (SSSR count). The summed E-state index contributed by atoms with van der Waals surface area (Å²) in [4.78, 5) is 2.70. The van der Waals surface area contributed by atoms with Gasteiger partial charge in [0, 0.05) is 30.3 Å². The van der Waals surface area contributed by atoms with E-state index in [-0.39, 0.29) is 0 Å². The Kier molecular flexibility index (Phi) is 5.98. The van der Waals surface area contributed by atoms with Gasteiger partial charge in [-0.15, -0.1) is 11.8 Å². The van der Waals surface area contributed by atoms with Crippen molar-refractivity contribution < 1.29 is 13.2 Å². The first-order valence-electron chi connectivity index (χ1n) is 5.62. The monoisotopic (exact) mass is 278 g/mol. The Morgan fingerprint density at radius 1 is 1.28 bits per heavy atom. The van der Waals surface area contributed by atoms with E-state index < -0.39 is 11.7 Å². The predicted molar refractivity (Wildman–Crippen MR) is 68.7 cm³/mol. The summed E-state index contributed by atoms with van der Waals surface area (Å²) in [6.45, 7) is 2.19. The molecule has 102 valence electrons. The van der Waals surface area contributed by atoms with E-state index in [1.165, 1.54) is 23.9 Å². The largest absolute Gasteiger partial charge is 0.416 e. The Morgan fingerprint density at radius 2 is 2.00 bits per heavy atom. The van der Waals surface area contributed by atoms with Crippen LogP contribution in [0.5, 0.6) is 0 Å². The van der Waals surface area contributed by atoms with E-state index in [0.29, 0.717) is 11.4 Å². The van der Waals surface area contributed by atoms with Crippen LogP contribution in [0.25, 0.3) is 0 Å². The van der Waals surface area contributed by atoms with Crippen molar-refractivity contribution in [1.82, 2.24) is 4.90 Å². The molecule has 0 aliphatic heterocycles. The second-order valence-electron chi connectivity index (χ2n) is 3.97. The van der Waals surface area contributed by atoms with Gasteiger partial charge in [-0.2, -0.15) is 13.2 Å². The maximum absolute atomic E-state index is 12.5. The van der Waals surface area contributed by atoms with Gasteiger partial charge in [-0.1, -0.05) is 6.07 Å². The fraction of sp³-hybridized carbons (Fsp3) is 0.500. The Labute approximate surface area is 109 Å². The Hall–Kier alpha value is -0.720. The van der Waals surface area contributed by atoms with Gasteiger partial charge in [-0.25, -0.2) is 0 Å². The number of nitrogens with zero attached hydrogens (tertiary/aromatic N) is 1. The summed E-state index contributed by atoms with van der Waals surface area (Å²) in [6.07, 6.45) is -4.27. The Morgan fingerprint density at radius 3 is 2.61 bits per heavy atom. The lowest BCUT2D eigenvalue weighted by atomic mass is 10.2. The molecule has 18 heavy (non-hydrogen) atoms. The van der Waals surface area contributed by atoms with Gasteiger partial charge >= 0.3 is 6.18 Å². The van der Waals surface area contributed by atoms with Gasteiger partial charge in [0.2, 0.25) is 0 Å². The van der Waals surface area contributed by atoms with Crippen molar-refractivity contribution in [2.24, 2.45) is 5.73 Å². The summed E-state index contributed by atoms with van der Waals surface area (Å²) in [5.41, 5.74) is 4.81. The highest BCUT2D eigenvalue weighted by molar-refractivity contribution is 7.99. The Bertz CT molecular complexity index is 369. The third-order valence-corrected chi connectivity index (χ3v) is 3.39. The van der Waals surface area contributed by atoms with Gasteiger partial charge in [0.25, 0.3) is 0 Å². The topological polar surface area (TPSA) is 29.3 Å². The average molecular weight is 278 g/mol. The molecule has 2 nitrogen and oxygen atoms in total. The van der Waals surface area contributed by atoms with Crippen molar-refractivity contribution in [3.05, 3.63) is 29.8 Å². The van der Waals surface area contributed by atoms with Crippen LogP contribution in [0.2, 0.25) is 0 Å². The van der Waals surface area contributed by atoms with Gasteiger partial charge in [-0.3, -0.25) is 0 Å². The molecule has 2 N–H and O–H groups in total. The molecular weight excluding hydrogens is 261 g/mol. The number of alkyl halides is 3. The fourth-order valence-corrected chi connectivity index (χ4v) is 2.44. The number of halogens is 3. The highest BCUT2D eigenvalue weighted by Crippen LogP contribution is 2.31. The molecule has 1 aromatic rings. The van der Waals surface area contributed by atoms with Crippen LogP contribution in [-0.2, 0) is 6.18 Å². The predicted octanol–water partition coefficient (Wildman–Crippen LogP) is 2.69. The van der Waals surface area contributed by atoms with Gasteiger partial charge in [0.15, 0.2) is 0 Å². The molecule has 0 spiro atoms. The third kappa shape index (κ3) is 5.29. The van der Waals surface area contributed by atoms with Gasteiger partial charge in [0.1, 0.15) is 0 Å². The van der Waals surface area contributed by atoms with E-state index in [0.717, 1.165) is 24.9 Å². The molecule has 0 unspecified atom stereocenters. The molecule has 0 fully saturated rings. The van der Waals surface area contributed by atoms with Crippen LogP contribution in [-0.4, -0.2) is 37.3 Å². The lowest BCUT2D eigenvalue weighted by molar-refractivity contribution is -0.137. The summed E-state index contributed by atoms with van der Waals surface area (Å²) in [7, 11) is 1.94. The minimum Gasteiger partial charge on any atom is -0.329 e. The summed E-state index contributed by atoms with van der Waals surface area (Å²) >= 11 is 1.42. The second-order valence-corrected chi connectivity index (χ2v) is 5.13. The number of benzene rings is 1. The number of hydrogen-bond donors (Lipinski definition) is 1. The van der Waals surface area contributed by atoms with E-state index in [1.807, 2.05) is 7.05 Å². The van der Waals surface area contributed by atoms with Crippen LogP contribution in [0.15, 0.2) is 29.2 Å². The van der Waals surface area contributed by atoms with Crippen molar-refractivity contribution in [2.45, 2.75) is 11.1 Å². The van der Waals surface area contributed by atoms with Crippen molar-refractivity contribution in [2.75, 3.05) is 32.4 Å². The van der Waals surface area contributed by atoms with Crippen LogP contribution in [0.3, 0.4) is 0 Å². The molecule has 1 aromatic carbocycles. The molecule has 0 saturated heterocycles. The molecule has 0 aliphatic carbocycles. The third-order valence-electron chi connectivity index (χ3n) is 2.41. The summed E-state index contributed by atoms with van der Waals surface area (Å²) in [5.74, 6) is 0.748. The standard InChI is InChI=1S/C12H17F3N2S/c1-17(6-5-16)7-8-18-11-4-2-3-10(9-11)12(13,14)15/h2-4,9H,5-8,16H2,1H3. The molecule has 0 aliphatic rings. The minimum atomic E-state index is -4.27. The number of rotatable bonds is 6. The molecular formula is C12H17F3N2S. The highest BCUT2D eigenvalue weighted by Gasteiger charge is 2.30. The van der Waals surface area contributed by atoms with Crippen molar-refractivity contribution in [3.63, 3.8) is 0 Å². The molecule has 0 bridgehead atoms. The van der Waals surface area contributed by atoms with Crippen LogP contribution in [0.1, 0.15) is 5.56 Å². The van der Waals surface area contributed by atoms with E-state index in [9.17, 15) is 13.2 Å². The average Bonchev–Trinajstić information content (AvgIpc) is 2.29. The van der Waals surface area contributed by atoms with Crippen LogP contribution in [0, 0.1) is 0 Å². The number of thioether (sulfide) groups is 1. The lowest BCUT2D eigenvalue weighted by Crippen LogP contribution is -2.27. The first kappa shape index (κ1) is 15.3. The summed E-state index contributed by atoms with van der Waals surface area (Å²) in [6, 6.07) is 5.41. The zero-order valence-electron chi connectivity index (χ0n) is 10.2. The normalized spacial score (nSPS) is 12.1. The van der Waals surface area contributed by atoms with Crippen molar-refractivity contribution >= 4 is 11.8 Å². The summed E-state index contributed by atoms with van der Waals surface area (Å²) in [5, 5.41) is 0. The number of nitrogens with two attached hydrogens (primary N) is 1. The molecule has 0 heterocycles. The van der Waals surface area contributed by atoms with E-state index in [2.05, 4.69) is 4.90 Å². The van der Waals surface area contributed by atoms with Crippen molar-refractivity contribution in [1.29, 1.82) is 0 Å². The Balaban J connectivity index is 2.48. The summed E-state index contributed by atoms with van der Waals surface area (Å²) < 4.78 is 37.5.